The highest BCUT2D eigenvalue weighted by molar-refractivity contribution is 5.34. The summed E-state index contributed by atoms with van der Waals surface area (Å²) in [4.78, 5) is 2.62. The van der Waals surface area contributed by atoms with Crippen LogP contribution in [-0.2, 0) is 0 Å². The van der Waals surface area contributed by atoms with Gasteiger partial charge in [0.25, 0.3) is 0 Å². The van der Waals surface area contributed by atoms with Crippen LogP contribution in [0.4, 0.5) is 0 Å². The Kier molecular flexibility index (Phi) is 5.22. The van der Waals surface area contributed by atoms with Crippen LogP contribution in [0.1, 0.15) is 55.8 Å². The maximum atomic E-state index is 6.54. The Balaban J connectivity index is 2.34. The van der Waals surface area contributed by atoms with Gasteiger partial charge >= 0.3 is 0 Å². The van der Waals surface area contributed by atoms with E-state index in [9.17, 15) is 0 Å². The molecule has 20 heavy (non-hydrogen) atoms. The van der Waals surface area contributed by atoms with Gasteiger partial charge in [-0.3, -0.25) is 4.90 Å². The average molecular weight is 274 g/mol. The van der Waals surface area contributed by atoms with Gasteiger partial charge in [-0.1, -0.05) is 44.0 Å². The molecule has 0 bridgehead atoms. The third kappa shape index (κ3) is 3.62. The van der Waals surface area contributed by atoms with Crippen LogP contribution < -0.4 is 5.73 Å². The molecule has 0 amide bonds. The Hall–Kier alpha value is -0.860. The fraction of sp³-hybridized carbons (Fsp3) is 0.667. The highest BCUT2D eigenvalue weighted by Crippen LogP contribution is 2.32. The molecule has 2 atom stereocenters. The summed E-state index contributed by atoms with van der Waals surface area (Å²) in [6.45, 7) is 11.3. The van der Waals surface area contributed by atoms with Gasteiger partial charge in [0.2, 0.25) is 0 Å². The highest BCUT2D eigenvalue weighted by atomic mass is 15.2. The van der Waals surface area contributed by atoms with Gasteiger partial charge in [-0.15, -0.1) is 0 Å². The van der Waals surface area contributed by atoms with Crippen LogP contribution in [0, 0.1) is 19.8 Å². The van der Waals surface area contributed by atoms with E-state index < -0.39 is 0 Å². The first-order valence-electron chi connectivity index (χ1n) is 8.06. The smallest absolute Gasteiger partial charge is 0.0501 e. The van der Waals surface area contributed by atoms with Gasteiger partial charge in [-0.2, -0.15) is 0 Å². The molecule has 2 heteroatoms. The van der Waals surface area contributed by atoms with Gasteiger partial charge in [0.1, 0.15) is 0 Å². The average Bonchev–Trinajstić information content (AvgIpc) is 2.52. The predicted molar refractivity (Wildman–Crippen MR) is 86.9 cm³/mol. The molecule has 0 saturated carbocycles. The first-order chi connectivity index (χ1) is 9.49. The van der Waals surface area contributed by atoms with E-state index in [1.54, 1.807) is 0 Å². The topological polar surface area (TPSA) is 29.3 Å². The number of nitrogens with zero attached hydrogens (tertiary/aromatic N) is 1. The standard InChI is InChI=1S/C18H30N2/c1-13(2)12-20-10-6-5-7-17(19)18(20)16-9-8-14(3)11-15(16)4/h8-9,11,13,17-18H,5-7,10,12,19H2,1-4H3. The zero-order valence-electron chi connectivity index (χ0n) is 13.5. The maximum Gasteiger partial charge on any atom is 0.0501 e. The van der Waals surface area contributed by atoms with Crippen molar-refractivity contribution in [1.29, 1.82) is 0 Å². The fourth-order valence-corrected chi connectivity index (χ4v) is 3.52. The summed E-state index contributed by atoms with van der Waals surface area (Å²) >= 11 is 0. The van der Waals surface area contributed by atoms with Gasteiger partial charge < -0.3 is 5.73 Å². The zero-order valence-corrected chi connectivity index (χ0v) is 13.5. The molecule has 1 aromatic carbocycles. The molecule has 0 spiro atoms. The van der Waals surface area contributed by atoms with Crippen molar-refractivity contribution in [3.63, 3.8) is 0 Å². The van der Waals surface area contributed by atoms with E-state index in [4.69, 9.17) is 5.73 Å². The summed E-state index contributed by atoms with van der Waals surface area (Å²) in [7, 11) is 0. The fourth-order valence-electron chi connectivity index (χ4n) is 3.52. The van der Waals surface area contributed by atoms with Gasteiger partial charge in [-0.05, 0) is 50.3 Å². The molecule has 0 radical (unpaired) electrons. The first-order valence-corrected chi connectivity index (χ1v) is 8.06. The van der Waals surface area contributed by atoms with Crippen LogP contribution in [0.25, 0.3) is 0 Å². The van der Waals surface area contributed by atoms with Crippen molar-refractivity contribution < 1.29 is 0 Å². The number of nitrogens with two attached hydrogens (primary N) is 1. The number of rotatable bonds is 3. The van der Waals surface area contributed by atoms with E-state index in [2.05, 4.69) is 50.8 Å². The minimum absolute atomic E-state index is 0.262. The molecule has 1 aliphatic rings. The lowest BCUT2D eigenvalue weighted by Crippen LogP contribution is -2.41. The molecule has 1 saturated heterocycles. The predicted octanol–water partition coefficient (Wildman–Crippen LogP) is 3.81. The first kappa shape index (κ1) is 15.5. The molecule has 1 heterocycles. The van der Waals surface area contributed by atoms with Crippen LogP contribution in [-0.4, -0.2) is 24.0 Å². The molecule has 2 nitrogen and oxygen atoms in total. The second-order valence-electron chi connectivity index (χ2n) is 6.85. The molecule has 112 valence electrons. The van der Waals surface area contributed by atoms with Crippen LogP contribution in [0.5, 0.6) is 0 Å². The second-order valence-corrected chi connectivity index (χ2v) is 6.85. The van der Waals surface area contributed by atoms with E-state index in [-0.39, 0.29) is 6.04 Å². The minimum atomic E-state index is 0.262. The van der Waals surface area contributed by atoms with E-state index >= 15 is 0 Å². The van der Waals surface area contributed by atoms with E-state index in [0.29, 0.717) is 12.0 Å². The van der Waals surface area contributed by atoms with Crippen LogP contribution in [0.2, 0.25) is 0 Å². The molecule has 2 unspecified atom stereocenters. The Morgan fingerprint density at radius 2 is 2.00 bits per heavy atom. The molecule has 1 fully saturated rings. The second kappa shape index (κ2) is 6.73. The SMILES string of the molecule is Cc1ccc(C2C(N)CCCCN2CC(C)C)c(C)c1. The maximum absolute atomic E-state index is 6.54. The lowest BCUT2D eigenvalue weighted by atomic mass is 9.91. The molecular weight excluding hydrogens is 244 g/mol. The quantitative estimate of drug-likeness (QED) is 0.908. The zero-order chi connectivity index (χ0) is 14.7. The number of hydrogen-bond donors (Lipinski definition) is 1. The summed E-state index contributed by atoms with van der Waals surface area (Å²) < 4.78 is 0. The van der Waals surface area contributed by atoms with Crippen molar-refractivity contribution in [2.24, 2.45) is 11.7 Å². The Morgan fingerprint density at radius 3 is 2.65 bits per heavy atom. The van der Waals surface area contributed by atoms with Crippen molar-refractivity contribution in [2.75, 3.05) is 13.1 Å². The van der Waals surface area contributed by atoms with Gasteiger partial charge in [0, 0.05) is 12.6 Å². The summed E-state index contributed by atoms with van der Waals surface area (Å²) in [5.74, 6) is 0.688. The molecule has 2 rings (SSSR count). The highest BCUT2D eigenvalue weighted by Gasteiger charge is 2.29. The van der Waals surface area contributed by atoms with E-state index in [1.807, 2.05) is 0 Å². The van der Waals surface area contributed by atoms with E-state index in [1.165, 1.54) is 36.1 Å². The Morgan fingerprint density at radius 1 is 1.25 bits per heavy atom. The summed E-state index contributed by atoms with van der Waals surface area (Å²) in [6, 6.07) is 7.47. The number of hydrogen-bond acceptors (Lipinski definition) is 2. The summed E-state index contributed by atoms with van der Waals surface area (Å²) in [5.41, 5.74) is 10.7. The lowest BCUT2D eigenvalue weighted by Gasteiger charge is -2.36. The van der Waals surface area contributed by atoms with Gasteiger partial charge in [0.05, 0.1) is 6.04 Å². The largest absolute Gasteiger partial charge is 0.326 e. The minimum Gasteiger partial charge on any atom is -0.326 e. The number of likely N-dealkylation sites (tertiary alicyclic amines) is 1. The molecular formula is C18H30N2. The molecule has 0 aromatic heterocycles. The van der Waals surface area contributed by atoms with Crippen molar-refractivity contribution in [3.8, 4) is 0 Å². The summed E-state index contributed by atoms with van der Waals surface area (Å²) in [5, 5.41) is 0. The van der Waals surface area contributed by atoms with E-state index in [0.717, 1.165) is 13.0 Å². The third-order valence-electron chi connectivity index (χ3n) is 4.38. The number of benzene rings is 1. The normalized spacial score (nSPS) is 24.9. The number of aryl methyl sites for hydroxylation is 2. The monoisotopic (exact) mass is 274 g/mol. The van der Waals surface area contributed by atoms with Crippen molar-refractivity contribution in [3.05, 3.63) is 34.9 Å². The molecule has 1 aliphatic heterocycles. The van der Waals surface area contributed by atoms with Crippen molar-refractivity contribution in [1.82, 2.24) is 4.90 Å². The molecule has 1 aromatic rings. The lowest BCUT2D eigenvalue weighted by molar-refractivity contribution is 0.165. The van der Waals surface area contributed by atoms with Gasteiger partial charge in [0.15, 0.2) is 0 Å². The van der Waals surface area contributed by atoms with Crippen molar-refractivity contribution >= 4 is 0 Å². The summed E-state index contributed by atoms with van der Waals surface area (Å²) in [6.07, 6.45) is 3.69. The third-order valence-corrected chi connectivity index (χ3v) is 4.38. The Labute approximate surface area is 124 Å². The van der Waals surface area contributed by atoms with Crippen molar-refractivity contribution in [2.45, 2.75) is 59.0 Å². The Bertz CT molecular complexity index is 439. The molecule has 0 aliphatic carbocycles. The van der Waals surface area contributed by atoms with Crippen LogP contribution >= 0.6 is 0 Å². The van der Waals surface area contributed by atoms with Crippen LogP contribution in [0.3, 0.4) is 0 Å². The molecule has 2 N–H and O–H groups in total. The van der Waals surface area contributed by atoms with Crippen LogP contribution in [0.15, 0.2) is 18.2 Å². The van der Waals surface area contributed by atoms with Gasteiger partial charge in [-0.25, -0.2) is 0 Å².